The highest BCUT2D eigenvalue weighted by atomic mass is 35.5. The van der Waals surface area contributed by atoms with Gasteiger partial charge >= 0.3 is 12.3 Å². The van der Waals surface area contributed by atoms with Crippen molar-refractivity contribution in [2.24, 2.45) is 0 Å². The molecule has 1 unspecified atom stereocenters. The highest BCUT2D eigenvalue weighted by molar-refractivity contribution is 7.15. The molecule has 1 aliphatic heterocycles. The number of carbonyl (C=O) groups is 2. The fourth-order valence-corrected chi connectivity index (χ4v) is 4.86. The van der Waals surface area contributed by atoms with Gasteiger partial charge in [0.2, 0.25) is 5.82 Å². The molecule has 39 heavy (non-hydrogen) atoms. The summed E-state index contributed by atoms with van der Waals surface area (Å²) in [6, 6.07) is 2.31. The van der Waals surface area contributed by atoms with E-state index in [4.69, 9.17) is 21.1 Å². The maximum Gasteiger partial charge on any atom is 0.451 e. The van der Waals surface area contributed by atoms with E-state index in [1.165, 1.54) is 22.3 Å². The average Bonchev–Trinajstić information content (AvgIpc) is 3.33. The minimum Gasteiger partial charge on any atom is -0.491 e. The summed E-state index contributed by atoms with van der Waals surface area (Å²) >= 11 is 7.99. The molecule has 208 valence electrons. The lowest BCUT2D eigenvalue weighted by molar-refractivity contribution is -0.145. The van der Waals surface area contributed by atoms with Gasteiger partial charge in [0.15, 0.2) is 0 Å². The third-order valence-corrected chi connectivity index (χ3v) is 7.11. The number of benzene rings is 1. The Bertz CT molecular complexity index is 1350. The van der Waals surface area contributed by atoms with Crippen molar-refractivity contribution in [3.63, 3.8) is 0 Å². The van der Waals surface area contributed by atoms with E-state index < -0.39 is 36.1 Å². The number of aryl methyl sites for hydroxylation is 1. The van der Waals surface area contributed by atoms with Crippen molar-refractivity contribution in [1.82, 2.24) is 25.2 Å². The Morgan fingerprint density at radius 3 is 2.62 bits per heavy atom. The van der Waals surface area contributed by atoms with Gasteiger partial charge in [0.1, 0.15) is 23.5 Å². The first kappa shape index (κ1) is 28.5. The monoisotopic (exact) mass is 585 g/mol. The lowest BCUT2D eigenvalue weighted by Crippen LogP contribution is -2.47. The number of carboxylic acid groups (broad SMARTS) is 1. The van der Waals surface area contributed by atoms with Gasteiger partial charge in [-0.1, -0.05) is 11.6 Å². The number of halogens is 4. The topological polar surface area (TPSA) is 127 Å². The smallest absolute Gasteiger partial charge is 0.451 e. The maximum atomic E-state index is 13.3. The molecule has 2 amide bonds. The molecule has 4 rings (SSSR count). The van der Waals surface area contributed by atoms with Crippen molar-refractivity contribution in [3.8, 4) is 16.3 Å². The second-order valence-corrected chi connectivity index (χ2v) is 10.3. The Kier molecular flexibility index (Phi) is 8.57. The largest absolute Gasteiger partial charge is 0.491 e. The molecule has 0 bridgehead atoms. The van der Waals surface area contributed by atoms with E-state index in [2.05, 4.69) is 20.3 Å². The SMILES string of the molecule is Cc1cnc(-c2cc(OCC3CN(C(=O)O)CCO3)cc(C(=O)N[C@H](C)c3cnc(C(F)(F)F)nc3)c2Cl)s1. The first-order chi connectivity index (χ1) is 18.4. The van der Waals surface area contributed by atoms with Crippen molar-refractivity contribution >= 4 is 34.9 Å². The predicted molar refractivity (Wildman–Crippen MR) is 135 cm³/mol. The molecule has 0 aliphatic carbocycles. The van der Waals surface area contributed by atoms with Crippen LogP contribution in [0, 0.1) is 6.92 Å². The summed E-state index contributed by atoms with van der Waals surface area (Å²) in [6.07, 6.45) is -2.60. The fourth-order valence-electron chi connectivity index (χ4n) is 3.73. The number of alkyl halides is 3. The Hall–Kier alpha value is -3.49. The van der Waals surface area contributed by atoms with Gasteiger partial charge < -0.3 is 24.8 Å². The van der Waals surface area contributed by atoms with Crippen LogP contribution >= 0.6 is 22.9 Å². The first-order valence-electron chi connectivity index (χ1n) is 11.6. The molecule has 10 nitrogen and oxygen atoms in total. The summed E-state index contributed by atoms with van der Waals surface area (Å²) in [5.41, 5.74) is 0.751. The number of hydrogen-bond acceptors (Lipinski definition) is 8. The molecular weight excluding hydrogens is 563 g/mol. The zero-order valence-electron chi connectivity index (χ0n) is 20.7. The van der Waals surface area contributed by atoms with Gasteiger partial charge in [-0.3, -0.25) is 4.79 Å². The standard InChI is InChI=1S/C24H23ClF3N5O5S/c1-12-7-29-21(39-12)18-6-15(38-11-16-10-33(23(35)36)3-4-37-16)5-17(19(18)25)20(34)32-13(2)14-8-30-22(31-9-14)24(26,27)28/h5-9,13,16H,3-4,10-11H2,1-2H3,(H,32,34)(H,35,36)/t13-,16?/m1/s1. The lowest BCUT2D eigenvalue weighted by Gasteiger charge is -2.30. The van der Waals surface area contributed by atoms with Gasteiger partial charge in [-0.05, 0) is 26.0 Å². The number of aromatic nitrogens is 3. The number of ether oxygens (including phenoxy) is 2. The van der Waals surface area contributed by atoms with E-state index in [0.717, 1.165) is 17.3 Å². The quantitative estimate of drug-likeness (QED) is 0.404. The number of hydrogen-bond donors (Lipinski definition) is 2. The normalized spacial score (nSPS) is 16.6. The van der Waals surface area contributed by atoms with Crippen molar-refractivity contribution in [2.75, 3.05) is 26.3 Å². The fraction of sp³-hybridized carbons (Fsp3) is 0.375. The molecule has 1 aliphatic rings. The van der Waals surface area contributed by atoms with E-state index in [0.29, 0.717) is 10.6 Å². The van der Waals surface area contributed by atoms with E-state index >= 15 is 0 Å². The molecule has 3 aromatic rings. The summed E-state index contributed by atoms with van der Waals surface area (Å²) in [6.45, 7) is 4.06. The highest BCUT2D eigenvalue weighted by Crippen LogP contribution is 2.37. The van der Waals surface area contributed by atoms with Crippen LogP contribution < -0.4 is 10.1 Å². The number of morpholine rings is 1. The third kappa shape index (κ3) is 6.94. The van der Waals surface area contributed by atoms with Gasteiger partial charge in [0.25, 0.3) is 5.91 Å². The van der Waals surface area contributed by atoms with Gasteiger partial charge in [-0.2, -0.15) is 13.2 Å². The molecule has 2 aromatic heterocycles. The molecule has 1 saturated heterocycles. The number of amides is 2. The van der Waals surface area contributed by atoms with E-state index in [9.17, 15) is 27.9 Å². The number of rotatable bonds is 7. The first-order valence-corrected chi connectivity index (χ1v) is 12.8. The second kappa shape index (κ2) is 11.7. The molecule has 3 heterocycles. The van der Waals surface area contributed by atoms with Gasteiger partial charge in [0.05, 0.1) is 29.8 Å². The Morgan fingerprint density at radius 1 is 1.28 bits per heavy atom. The molecule has 15 heteroatoms. The Balaban J connectivity index is 1.56. The van der Waals surface area contributed by atoms with Crippen LogP contribution in [-0.2, 0) is 10.9 Å². The highest BCUT2D eigenvalue weighted by Gasteiger charge is 2.34. The zero-order valence-corrected chi connectivity index (χ0v) is 22.2. The van der Waals surface area contributed by atoms with Gasteiger partial charge in [-0.25, -0.2) is 19.7 Å². The lowest BCUT2D eigenvalue weighted by atomic mass is 10.1. The van der Waals surface area contributed by atoms with Gasteiger partial charge in [0, 0.05) is 41.1 Å². The summed E-state index contributed by atoms with van der Waals surface area (Å²) in [5, 5.41) is 12.6. The minimum atomic E-state index is -4.68. The van der Waals surface area contributed by atoms with Crippen LogP contribution in [0.25, 0.3) is 10.6 Å². The third-order valence-electron chi connectivity index (χ3n) is 5.76. The van der Waals surface area contributed by atoms with Crippen molar-refractivity contribution in [3.05, 3.63) is 57.6 Å². The van der Waals surface area contributed by atoms with Crippen LogP contribution in [0.4, 0.5) is 18.0 Å². The van der Waals surface area contributed by atoms with E-state index in [1.807, 2.05) is 6.92 Å². The van der Waals surface area contributed by atoms with E-state index in [1.54, 1.807) is 19.2 Å². The molecule has 0 spiro atoms. The van der Waals surface area contributed by atoms with Crippen LogP contribution in [0.15, 0.2) is 30.7 Å². The number of nitrogens with one attached hydrogen (secondary N) is 1. The number of carbonyl (C=O) groups excluding carboxylic acids is 1. The molecule has 2 atom stereocenters. The second-order valence-electron chi connectivity index (χ2n) is 8.67. The summed E-state index contributed by atoms with van der Waals surface area (Å²) in [4.78, 5) is 37.7. The Morgan fingerprint density at radius 2 is 2.00 bits per heavy atom. The average molecular weight is 586 g/mol. The van der Waals surface area contributed by atoms with Crippen molar-refractivity contribution < 1.29 is 37.3 Å². The Labute approximate surface area is 229 Å². The summed E-state index contributed by atoms with van der Waals surface area (Å²) in [7, 11) is 0. The molecule has 1 fully saturated rings. The van der Waals surface area contributed by atoms with Crippen LogP contribution in [-0.4, -0.2) is 69.4 Å². The molecule has 0 saturated carbocycles. The van der Waals surface area contributed by atoms with Crippen LogP contribution in [0.3, 0.4) is 0 Å². The van der Waals surface area contributed by atoms with Crippen molar-refractivity contribution in [2.45, 2.75) is 32.2 Å². The zero-order chi connectivity index (χ0) is 28.3. The van der Waals surface area contributed by atoms with Crippen LogP contribution in [0.1, 0.15) is 39.6 Å². The molecular formula is C24H23ClF3N5O5S. The van der Waals surface area contributed by atoms with Crippen molar-refractivity contribution in [1.29, 1.82) is 0 Å². The summed E-state index contributed by atoms with van der Waals surface area (Å²) in [5.74, 6) is -1.62. The van der Waals surface area contributed by atoms with E-state index in [-0.39, 0.29) is 48.2 Å². The minimum absolute atomic E-state index is 0.0160. The van der Waals surface area contributed by atoms with Gasteiger partial charge in [-0.15, -0.1) is 11.3 Å². The molecule has 1 aromatic carbocycles. The van der Waals surface area contributed by atoms with Crippen LogP contribution in [0.5, 0.6) is 5.75 Å². The molecule has 0 radical (unpaired) electrons. The predicted octanol–water partition coefficient (Wildman–Crippen LogP) is 4.83. The molecule has 2 N–H and O–H groups in total. The number of thiazole rings is 1. The summed E-state index contributed by atoms with van der Waals surface area (Å²) < 4.78 is 49.9. The maximum absolute atomic E-state index is 13.3. The van der Waals surface area contributed by atoms with Crippen LogP contribution in [0.2, 0.25) is 5.02 Å². The number of nitrogens with zero attached hydrogens (tertiary/aromatic N) is 4.